The zero-order valence-corrected chi connectivity index (χ0v) is 12.5. The van der Waals surface area contributed by atoms with Crippen molar-refractivity contribution in [1.29, 1.82) is 5.26 Å². The highest BCUT2D eigenvalue weighted by Gasteiger charge is 2.14. The minimum absolute atomic E-state index is 0.334. The number of nitrogens with zero attached hydrogens (tertiary/aromatic N) is 1. The smallest absolute Gasteiger partial charge is 0.130 e. The minimum Gasteiger partial charge on any atom is -0.293 e. The number of hydrogen-bond acceptors (Lipinski definition) is 3. The first kappa shape index (κ1) is 13.6. The summed E-state index contributed by atoms with van der Waals surface area (Å²) in [6, 6.07) is 13.8. The Kier molecular flexibility index (Phi) is 4.79. The molecule has 0 spiro atoms. The van der Waals surface area contributed by atoms with Gasteiger partial charge in [0.25, 0.3) is 0 Å². The quantitative estimate of drug-likeness (QED) is 0.887. The van der Waals surface area contributed by atoms with Crippen molar-refractivity contribution in [3.63, 3.8) is 0 Å². The second kappa shape index (κ2) is 6.35. The van der Waals surface area contributed by atoms with Crippen LogP contribution in [0.4, 0.5) is 0 Å². The lowest BCUT2D eigenvalue weighted by Crippen LogP contribution is -2.18. The summed E-state index contributed by atoms with van der Waals surface area (Å²) in [5.41, 5.74) is 1.15. The van der Waals surface area contributed by atoms with Crippen LogP contribution in [0.3, 0.4) is 0 Å². The summed E-state index contributed by atoms with van der Waals surface area (Å²) in [5.74, 6) is 0. The van der Waals surface area contributed by atoms with E-state index in [4.69, 9.17) is 11.6 Å². The molecule has 1 atom stereocenters. The van der Waals surface area contributed by atoms with E-state index in [9.17, 15) is 5.26 Å². The van der Waals surface area contributed by atoms with Crippen LogP contribution in [0.25, 0.3) is 0 Å². The summed E-state index contributed by atoms with van der Waals surface area (Å²) in [6.07, 6.45) is 0. The van der Waals surface area contributed by atoms with Gasteiger partial charge < -0.3 is 0 Å². The lowest BCUT2D eigenvalue weighted by atomic mass is 10.2. The average Bonchev–Trinajstić information content (AvgIpc) is 2.71. The average molecular weight is 342 g/mol. The van der Waals surface area contributed by atoms with Gasteiger partial charge in [0.15, 0.2) is 0 Å². The van der Waals surface area contributed by atoms with Crippen LogP contribution in [-0.4, -0.2) is 0 Å². The summed E-state index contributed by atoms with van der Waals surface area (Å²) < 4.78 is 1.51. The van der Waals surface area contributed by atoms with Crippen molar-refractivity contribution in [1.82, 2.24) is 5.32 Å². The molecule has 92 valence electrons. The van der Waals surface area contributed by atoms with Crippen molar-refractivity contribution in [2.24, 2.45) is 0 Å². The van der Waals surface area contributed by atoms with E-state index in [0.717, 1.165) is 14.9 Å². The van der Waals surface area contributed by atoms with Gasteiger partial charge in [0.05, 0.1) is 6.07 Å². The summed E-state index contributed by atoms with van der Waals surface area (Å²) in [4.78, 5) is 0.922. The molecule has 0 aliphatic rings. The van der Waals surface area contributed by atoms with Gasteiger partial charge in [-0.1, -0.05) is 41.9 Å². The summed E-state index contributed by atoms with van der Waals surface area (Å²) in [6.45, 7) is 0.659. The van der Waals surface area contributed by atoms with Crippen LogP contribution < -0.4 is 5.32 Å². The molecule has 2 nitrogen and oxygen atoms in total. The molecular weight excluding hydrogens is 332 g/mol. The van der Waals surface area contributed by atoms with E-state index in [0.29, 0.717) is 10.9 Å². The second-order valence-corrected chi connectivity index (χ2v) is 6.24. The monoisotopic (exact) mass is 340 g/mol. The molecule has 0 bridgehead atoms. The molecule has 18 heavy (non-hydrogen) atoms. The van der Waals surface area contributed by atoms with Crippen LogP contribution in [-0.2, 0) is 6.54 Å². The lowest BCUT2D eigenvalue weighted by molar-refractivity contribution is 0.638. The summed E-state index contributed by atoms with van der Waals surface area (Å²) in [7, 11) is 0. The molecular formula is C13H10BrClN2S. The molecule has 5 heteroatoms. The number of halogens is 2. The van der Waals surface area contributed by atoms with Crippen molar-refractivity contribution in [3.8, 4) is 6.07 Å². The molecule has 1 heterocycles. The van der Waals surface area contributed by atoms with Crippen LogP contribution in [0, 0.1) is 11.3 Å². The Morgan fingerprint density at radius 2 is 2.11 bits per heavy atom. The van der Waals surface area contributed by atoms with Gasteiger partial charge in [-0.3, -0.25) is 5.32 Å². The second-order valence-electron chi connectivity index (χ2n) is 3.70. The first-order valence-electron chi connectivity index (χ1n) is 5.32. The number of rotatable bonds is 4. The van der Waals surface area contributed by atoms with Gasteiger partial charge in [-0.25, -0.2) is 0 Å². The van der Waals surface area contributed by atoms with E-state index in [-0.39, 0.29) is 6.04 Å². The largest absolute Gasteiger partial charge is 0.293 e. The third kappa shape index (κ3) is 3.33. The van der Waals surface area contributed by atoms with E-state index in [1.54, 1.807) is 0 Å². The molecule has 0 aliphatic heterocycles. The highest BCUT2D eigenvalue weighted by molar-refractivity contribution is 9.10. The molecule has 0 saturated carbocycles. The highest BCUT2D eigenvalue weighted by Crippen LogP contribution is 2.35. The first-order valence-corrected chi connectivity index (χ1v) is 7.31. The van der Waals surface area contributed by atoms with Crippen molar-refractivity contribution < 1.29 is 0 Å². The Morgan fingerprint density at radius 1 is 1.39 bits per heavy atom. The number of thiophene rings is 1. The molecule has 1 aromatic heterocycles. The Balaban J connectivity index is 2.05. The molecule has 0 saturated heterocycles. The molecule has 0 radical (unpaired) electrons. The zero-order chi connectivity index (χ0) is 13.0. The topological polar surface area (TPSA) is 35.8 Å². The van der Waals surface area contributed by atoms with Crippen LogP contribution in [0.2, 0.25) is 4.34 Å². The Labute approximate surface area is 123 Å². The SMILES string of the molecule is N#CC(NCc1ccccc1)c1cc(Br)c(Cl)s1. The van der Waals surface area contributed by atoms with Gasteiger partial charge in [-0.15, -0.1) is 11.3 Å². The molecule has 0 aliphatic carbocycles. The molecule has 1 N–H and O–H groups in total. The van der Waals surface area contributed by atoms with Crippen molar-refractivity contribution in [3.05, 3.63) is 55.6 Å². The van der Waals surface area contributed by atoms with Gasteiger partial charge >= 0.3 is 0 Å². The summed E-state index contributed by atoms with van der Waals surface area (Å²) >= 11 is 10.7. The normalized spacial score (nSPS) is 12.1. The maximum Gasteiger partial charge on any atom is 0.130 e. The number of benzene rings is 1. The third-order valence-corrected chi connectivity index (χ3v) is 4.97. The summed E-state index contributed by atoms with van der Waals surface area (Å²) in [5, 5.41) is 12.4. The third-order valence-electron chi connectivity index (χ3n) is 2.43. The Hall–Kier alpha value is -0.860. The first-order chi connectivity index (χ1) is 8.70. The van der Waals surface area contributed by atoms with Crippen LogP contribution in [0.5, 0.6) is 0 Å². The van der Waals surface area contributed by atoms with Crippen molar-refractivity contribution in [2.75, 3.05) is 0 Å². The molecule has 2 aromatic rings. The van der Waals surface area contributed by atoms with Gasteiger partial charge in [-0.2, -0.15) is 5.26 Å². The highest BCUT2D eigenvalue weighted by atomic mass is 79.9. The van der Waals surface area contributed by atoms with E-state index in [1.807, 2.05) is 36.4 Å². The fourth-order valence-electron chi connectivity index (χ4n) is 1.53. The fourth-order valence-corrected chi connectivity index (χ4v) is 3.29. The van der Waals surface area contributed by atoms with Crippen molar-refractivity contribution in [2.45, 2.75) is 12.6 Å². The molecule has 1 unspecified atom stereocenters. The van der Waals surface area contributed by atoms with Gasteiger partial charge in [0.2, 0.25) is 0 Å². The lowest BCUT2D eigenvalue weighted by Gasteiger charge is -2.09. The number of nitrogens with one attached hydrogen (secondary N) is 1. The minimum atomic E-state index is -0.334. The van der Waals surface area contributed by atoms with Crippen molar-refractivity contribution >= 4 is 38.9 Å². The number of hydrogen-bond donors (Lipinski definition) is 1. The molecule has 0 amide bonds. The van der Waals surface area contributed by atoms with E-state index < -0.39 is 0 Å². The Morgan fingerprint density at radius 3 is 2.67 bits per heavy atom. The standard InChI is InChI=1S/C13H10BrClN2S/c14-10-6-12(18-13(10)15)11(7-16)17-8-9-4-2-1-3-5-9/h1-6,11,17H,8H2. The molecule has 1 aromatic carbocycles. The van der Waals surface area contributed by atoms with Gasteiger partial charge in [-0.05, 0) is 27.6 Å². The molecule has 0 fully saturated rings. The number of nitriles is 1. The maximum atomic E-state index is 9.19. The predicted octanol–water partition coefficient (Wildman–Crippen LogP) is 4.52. The van der Waals surface area contributed by atoms with Crippen LogP contribution in [0.1, 0.15) is 16.5 Å². The van der Waals surface area contributed by atoms with Gasteiger partial charge in [0, 0.05) is 15.9 Å². The van der Waals surface area contributed by atoms with Gasteiger partial charge in [0.1, 0.15) is 10.4 Å². The zero-order valence-electron chi connectivity index (χ0n) is 9.36. The Bertz CT molecular complexity index is 543. The van der Waals surface area contributed by atoms with E-state index in [2.05, 4.69) is 27.3 Å². The predicted molar refractivity (Wildman–Crippen MR) is 78.7 cm³/mol. The van der Waals surface area contributed by atoms with E-state index >= 15 is 0 Å². The fraction of sp³-hybridized carbons (Fsp3) is 0.154. The van der Waals surface area contributed by atoms with Crippen LogP contribution >= 0.6 is 38.9 Å². The van der Waals surface area contributed by atoms with Crippen LogP contribution in [0.15, 0.2) is 40.9 Å². The van der Waals surface area contributed by atoms with E-state index in [1.165, 1.54) is 11.3 Å². The maximum absolute atomic E-state index is 9.19. The molecule has 2 rings (SSSR count).